The van der Waals surface area contributed by atoms with Gasteiger partial charge in [0.2, 0.25) is 0 Å². The highest BCUT2D eigenvalue weighted by Gasteiger charge is 2.38. The van der Waals surface area contributed by atoms with Crippen molar-refractivity contribution in [2.75, 3.05) is 5.75 Å². The molecule has 0 aromatic heterocycles. The fraction of sp³-hybridized carbons (Fsp3) is 0.217. The van der Waals surface area contributed by atoms with Gasteiger partial charge in [-0.05, 0) is 48.1 Å². The van der Waals surface area contributed by atoms with Crippen molar-refractivity contribution in [3.63, 3.8) is 0 Å². The van der Waals surface area contributed by atoms with Gasteiger partial charge in [-0.3, -0.25) is 0 Å². The minimum absolute atomic E-state index is 0.891. The van der Waals surface area contributed by atoms with Crippen LogP contribution in [0, 0.1) is 20.8 Å². The normalized spacial score (nSPS) is 11.5. The zero-order chi connectivity index (χ0) is 17.9. The Balaban J connectivity index is 2.28. The van der Waals surface area contributed by atoms with Gasteiger partial charge >= 0.3 is 0 Å². The zero-order valence-corrected chi connectivity index (χ0v) is 17.2. The van der Waals surface area contributed by atoms with Crippen molar-refractivity contribution >= 4 is 36.3 Å². The van der Waals surface area contributed by atoms with Gasteiger partial charge in [-0.2, -0.15) is 12.6 Å². The summed E-state index contributed by atoms with van der Waals surface area (Å²) in [6.45, 7) is 6.47. The van der Waals surface area contributed by atoms with E-state index in [0.29, 0.717) is 0 Å². The first-order valence-electron chi connectivity index (χ1n) is 8.88. The molecule has 25 heavy (non-hydrogen) atoms. The predicted molar refractivity (Wildman–Crippen MR) is 117 cm³/mol. The molecule has 0 bridgehead atoms. The van der Waals surface area contributed by atoms with Crippen LogP contribution in [0.1, 0.15) is 16.7 Å². The molecule has 0 unspecified atom stereocenters. The highest BCUT2D eigenvalue weighted by atomic mass is 32.1. The molecule has 0 fully saturated rings. The highest BCUT2D eigenvalue weighted by Crippen LogP contribution is 2.15. The van der Waals surface area contributed by atoms with Crippen LogP contribution < -0.4 is 15.6 Å². The molecule has 0 radical (unpaired) electrons. The maximum absolute atomic E-state index is 4.66. The van der Waals surface area contributed by atoms with Gasteiger partial charge in [0.05, 0.1) is 0 Å². The van der Waals surface area contributed by atoms with Gasteiger partial charge in [0.25, 0.3) is 0 Å². The van der Waals surface area contributed by atoms with Crippen molar-refractivity contribution in [3.8, 4) is 0 Å². The Kier molecular flexibility index (Phi) is 5.50. The minimum atomic E-state index is -2.07. The molecular formula is C23H26SSi. The fourth-order valence-corrected chi connectivity index (χ4v) is 9.03. The SMILES string of the molecule is Cc1ccc([Si](CCS)(c2ccc(C)cc2)c2ccc(C)cc2)cc1. The lowest BCUT2D eigenvalue weighted by molar-refractivity contribution is 1.41. The van der Waals surface area contributed by atoms with E-state index in [0.717, 1.165) is 11.8 Å². The van der Waals surface area contributed by atoms with Crippen LogP contribution in [0.2, 0.25) is 6.04 Å². The maximum atomic E-state index is 4.66. The lowest BCUT2D eigenvalue weighted by Gasteiger charge is -2.33. The van der Waals surface area contributed by atoms with E-state index in [9.17, 15) is 0 Å². The van der Waals surface area contributed by atoms with Gasteiger partial charge in [0.1, 0.15) is 8.07 Å². The Morgan fingerprint density at radius 2 is 0.840 bits per heavy atom. The van der Waals surface area contributed by atoms with Crippen LogP contribution in [0.25, 0.3) is 0 Å². The van der Waals surface area contributed by atoms with Gasteiger partial charge in [-0.15, -0.1) is 0 Å². The average molecular weight is 363 g/mol. The molecule has 0 aliphatic rings. The molecule has 0 nitrogen and oxygen atoms in total. The van der Waals surface area contributed by atoms with E-state index in [1.165, 1.54) is 32.3 Å². The van der Waals surface area contributed by atoms with Crippen molar-refractivity contribution in [1.82, 2.24) is 0 Å². The summed E-state index contributed by atoms with van der Waals surface area (Å²) in [5.41, 5.74) is 3.93. The number of hydrogen-bond acceptors (Lipinski definition) is 1. The molecule has 0 amide bonds. The smallest absolute Gasteiger partial charge is 0.149 e. The second kappa shape index (κ2) is 7.63. The Bertz CT molecular complexity index is 707. The maximum Gasteiger partial charge on any atom is 0.149 e. The van der Waals surface area contributed by atoms with Gasteiger partial charge in [0, 0.05) is 0 Å². The molecule has 0 saturated heterocycles. The van der Waals surface area contributed by atoms with Crippen LogP contribution in [0.4, 0.5) is 0 Å². The third-order valence-corrected chi connectivity index (χ3v) is 10.7. The number of benzene rings is 3. The Labute approximate surface area is 158 Å². The van der Waals surface area contributed by atoms with E-state index in [1.807, 2.05) is 0 Å². The summed E-state index contributed by atoms with van der Waals surface area (Å²) in [6.07, 6.45) is 0. The molecule has 0 aliphatic heterocycles. The zero-order valence-electron chi connectivity index (χ0n) is 15.3. The first-order chi connectivity index (χ1) is 12.1. The molecule has 128 valence electrons. The molecule has 3 aromatic carbocycles. The monoisotopic (exact) mass is 362 g/mol. The topological polar surface area (TPSA) is 0 Å². The summed E-state index contributed by atoms with van der Waals surface area (Å²) in [5, 5.41) is 4.42. The molecule has 0 heterocycles. The molecule has 3 aromatic rings. The molecular weight excluding hydrogens is 336 g/mol. The van der Waals surface area contributed by atoms with Crippen molar-refractivity contribution in [2.24, 2.45) is 0 Å². The number of aryl methyl sites for hydroxylation is 3. The van der Waals surface area contributed by atoms with E-state index in [2.05, 4.69) is 106 Å². The third-order valence-electron chi connectivity index (χ3n) is 5.12. The van der Waals surface area contributed by atoms with E-state index >= 15 is 0 Å². The first kappa shape index (κ1) is 18.0. The van der Waals surface area contributed by atoms with E-state index in [4.69, 9.17) is 0 Å². The molecule has 2 heteroatoms. The van der Waals surface area contributed by atoms with Crippen molar-refractivity contribution < 1.29 is 0 Å². The Hall–Kier alpha value is -1.77. The van der Waals surface area contributed by atoms with Crippen molar-refractivity contribution in [3.05, 3.63) is 89.5 Å². The quantitative estimate of drug-likeness (QED) is 0.396. The standard InChI is InChI=1S/C23H26SSi/c1-18-4-10-21(11-5-18)25(17-16-24,22-12-6-19(2)7-13-22)23-14-8-20(3)9-15-23/h4-15,24H,16-17H2,1-3H3. The molecule has 0 aliphatic carbocycles. The number of hydrogen-bond donors (Lipinski definition) is 1. The van der Waals surface area contributed by atoms with Crippen molar-refractivity contribution in [2.45, 2.75) is 26.8 Å². The number of rotatable bonds is 5. The summed E-state index contributed by atoms with van der Waals surface area (Å²) >= 11 is 4.66. The fourth-order valence-electron chi connectivity index (χ4n) is 3.61. The van der Waals surface area contributed by atoms with Gasteiger partial charge in [0.15, 0.2) is 0 Å². The van der Waals surface area contributed by atoms with E-state index < -0.39 is 8.07 Å². The van der Waals surface area contributed by atoms with Crippen LogP contribution in [0.15, 0.2) is 72.8 Å². The minimum Gasteiger partial charge on any atom is -0.180 e. The average Bonchev–Trinajstić information content (AvgIpc) is 2.62. The van der Waals surface area contributed by atoms with Gasteiger partial charge < -0.3 is 0 Å². The summed E-state index contributed by atoms with van der Waals surface area (Å²) < 4.78 is 0. The van der Waals surface area contributed by atoms with E-state index in [-0.39, 0.29) is 0 Å². The summed E-state index contributed by atoms with van der Waals surface area (Å²) in [5.74, 6) is 0.891. The van der Waals surface area contributed by atoms with Gasteiger partial charge in [-0.25, -0.2) is 0 Å². The molecule has 0 saturated carbocycles. The molecule has 0 spiro atoms. The summed E-state index contributed by atoms with van der Waals surface area (Å²) in [4.78, 5) is 0. The van der Waals surface area contributed by atoms with Crippen LogP contribution in [-0.2, 0) is 0 Å². The number of thiol groups is 1. The van der Waals surface area contributed by atoms with Crippen molar-refractivity contribution in [1.29, 1.82) is 0 Å². The summed E-state index contributed by atoms with van der Waals surface area (Å²) in [7, 11) is -2.07. The third kappa shape index (κ3) is 3.60. The van der Waals surface area contributed by atoms with E-state index in [1.54, 1.807) is 0 Å². The lowest BCUT2D eigenvalue weighted by Crippen LogP contribution is -2.67. The van der Waals surface area contributed by atoms with Crippen LogP contribution in [-0.4, -0.2) is 13.8 Å². The second-order valence-corrected chi connectivity index (χ2v) is 11.5. The predicted octanol–water partition coefficient (Wildman–Crippen LogP) is 4.01. The first-order valence-corrected chi connectivity index (χ1v) is 11.7. The van der Waals surface area contributed by atoms with Crippen LogP contribution >= 0.6 is 12.6 Å². The van der Waals surface area contributed by atoms with Gasteiger partial charge in [-0.1, -0.05) is 89.5 Å². The summed E-state index contributed by atoms with van der Waals surface area (Å²) in [6, 6.07) is 28.6. The Morgan fingerprint density at radius 3 is 1.08 bits per heavy atom. The molecule has 0 atom stereocenters. The largest absolute Gasteiger partial charge is 0.180 e. The molecule has 0 N–H and O–H groups in total. The highest BCUT2D eigenvalue weighted by molar-refractivity contribution is 7.80. The van der Waals surface area contributed by atoms with Crippen LogP contribution in [0.3, 0.4) is 0 Å². The van der Waals surface area contributed by atoms with Crippen LogP contribution in [0.5, 0.6) is 0 Å². The Morgan fingerprint density at radius 1 is 0.560 bits per heavy atom. The lowest BCUT2D eigenvalue weighted by atomic mass is 10.2. The molecule has 3 rings (SSSR count). The second-order valence-electron chi connectivity index (χ2n) is 6.98.